The number of anilines is 1. The average molecular weight is 801 g/mol. The number of methoxy groups -OCH3 is 2. The summed E-state index contributed by atoms with van der Waals surface area (Å²) in [6.45, 7) is -0.182. The number of amides is 2. The van der Waals surface area contributed by atoms with Crippen molar-refractivity contribution in [2.45, 2.75) is 43.3 Å². The first kappa shape index (κ1) is 36.9. The summed E-state index contributed by atoms with van der Waals surface area (Å²) in [5.74, 6) is -2.18. The van der Waals surface area contributed by atoms with Gasteiger partial charge in [-0.3, -0.25) is 14.4 Å². The Kier molecular flexibility index (Phi) is 8.77. The average Bonchev–Trinajstić information content (AvgIpc) is 3.61. The molecule has 4 atom stereocenters. The molecule has 3 aliphatic rings. The zero-order valence-corrected chi connectivity index (χ0v) is 32.4. The van der Waals surface area contributed by atoms with E-state index in [1.165, 1.54) is 34.2 Å². The van der Waals surface area contributed by atoms with Gasteiger partial charge in [-0.1, -0.05) is 72.3 Å². The van der Waals surface area contributed by atoms with Crippen molar-refractivity contribution in [2.24, 2.45) is 13.0 Å². The fourth-order valence-electron chi connectivity index (χ4n) is 9.41. The van der Waals surface area contributed by atoms with E-state index in [4.69, 9.17) is 21.1 Å². The number of carbonyl (C=O) groups is 2. The van der Waals surface area contributed by atoms with Gasteiger partial charge in [0.2, 0.25) is 11.8 Å². The topological polar surface area (TPSA) is 160 Å². The molecule has 2 aliphatic heterocycles. The minimum absolute atomic E-state index is 0.00606. The minimum atomic E-state index is -1.55. The third-order valence-electron chi connectivity index (χ3n) is 12.0. The Balaban J connectivity index is 1.18. The van der Waals surface area contributed by atoms with Gasteiger partial charge >= 0.3 is 11.4 Å². The largest absolute Gasteiger partial charge is 0.508 e. The van der Waals surface area contributed by atoms with Crippen LogP contribution in [0.3, 0.4) is 0 Å². The predicted octanol–water partition coefficient (Wildman–Crippen LogP) is 4.47. The number of phenolic OH excluding ortho intramolecular Hbond substituents is 1. The summed E-state index contributed by atoms with van der Waals surface area (Å²) >= 11 is 6.39. The van der Waals surface area contributed by atoms with Crippen molar-refractivity contribution >= 4 is 40.1 Å². The molecule has 2 amide bonds. The summed E-state index contributed by atoms with van der Waals surface area (Å²) < 4.78 is 16.0. The van der Waals surface area contributed by atoms with Gasteiger partial charge in [0.1, 0.15) is 11.4 Å². The summed E-state index contributed by atoms with van der Waals surface area (Å²) in [6.07, 6.45) is 1.78. The Morgan fingerprint density at radius 2 is 1.60 bits per heavy atom. The first-order valence-corrected chi connectivity index (χ1v) is 19.1. The lowest BCUT2D eigenvalue weighted by Gasteiger charge is -2.49. The molecule has 1 saturated carbocycles. The molecular weight excluding hydrogens is 764 g/mol. The van der Waals surface area contributed by atoms with E-state index in [2.05, 4.69) is 4.98 Å². The maximum absolute atomic E-state index is 15.3. The first-order valence-electron chi connectivity index (χ1n) is 18.7. The Hall–Kier alpha value is -6.67. The molecule has 15 heteroatoms. The van der Waals surface area contributed by atoms with Crippen LogP contribution < -0.4 is 31.3 Å². The van der Waals surface area contributed by atoms with Gasteiger partial charge in [-0.25, -0.2) is 33.4 Å². The van der Waals surface area contributed by atoms with Crippen LogP contribution in [0.2, 0.25) is 5.02 Å². The normalized spacial score (nSPS) is 21.1. The molecule has 9 rings (SSSR count). The number of halogens is 1. The number of hydrogen-bond donors (Lipinski definition) is 1. The summed E-state index contributed by atoms with van der Waals surface area (Å²) in [4.78, 5) is 78.2. The molecule has 1 aliphatic carbocycles. The third-order valence-corrected chi connectivity index (χ3v) is 12.2. The standard InChI is InChI=1S/C43H37ClN6O8/c1-46-33-23-36(58-3)35(57-2)22-31(33)45-30(39(46)53)17-18-47-41(55)48-19-16-27-32(50(48)42(47)56)21-29-38(52)49(26-13-9-12-25(44)20-26)40(54)43(29,24-10-5-4-6-11-24)37(27)28-14-7-8-15-34(28)51/h4-16,20,22-23,29,32,37,51H,17-19,21H2,1-3H3. The van der Waals surface area contributed by atoms with E-state index >= 15 is 4.79 Å². The van der Waals surface area contributed by atoms with E-state index in [-0.39, 0.29) is 37.4 Å². The zero-order chi connectivity index (χ0) is 40.6. The van der Waals surface area contributed by atoms with E-state index < -0.39 is 52.0 Å². The number of carbonyl (C=O) groups excluding carboxylic acids is 2. The number of aryl methyl sites for hydroxylation is 2. The fourth-order valence-corrected chi connectivity index (χ4v) is 9.60. The molecule has 2 fully saturated rings. The molecule has 58 heavy (non-hydrogen) atoms. The van der Waals surface area contributed by atoms with Crippen molar-refractivity contribution < 1.29 is 24.2 Å². The highest BCUT2D eigenvalue weighted by Gasteiger charge is 2.69. The molecule has 4 heterocycles. The van der Waals surface area contributed by atoms with Crippen molar-refractivity contribution in [3.05, 3.63) is 156 Å². The Morgan fingerprint density at radius 1 is 0.879 bits per heavy atom. The van der Waals surface area contributed by atoms with Crippen molar-refractivity contribution in [1.29, 1.82) is 0 Å². The minimum Gasteiger partial charge on any atom is -0.508 e. The van der Waals surface area contributed by atoms with Crippen LogP contribution in [-0.2, 0) is 41.6 Å². The van der Waals surface area contributed by atoms with Crippen molar-refractivity contribution in [1.82, 2.24) is 23.5 Å². The molecular formula is C43H37ClN6O8. The van der Waals surface area contributed by atoms with E-state index in [0.717, 1.165) is 9.47 Å². The van der Waals surface area contributed by atoms with Crippen LogP contribution in [0, 0.1) is 5.92 Å². The van der Waals surface area contributed by atoms with E-state index in [1.54, 1.807) is 73.8 Å². The number of hydrogen-bond acceptors (Lipinski definition) is 9. The predicted molar refractivity (Wildman–Crippen MR) is 215 cm³/mol. The molecule has 1 N–H and O–H groups in total. The van der Waals surface area contributed by atoms with E-state index in [1.807, 2.05) is 24.3 Å². The lowest BCUT2D eigenvalue weighted by atomic mass is 9.53. The molecule has 294 valence electrons. The first-order chi connectivity index (χ1) is 28.0. The lowest BCUT2D eigenvalue weighted by molar-refractivity contribution is -0.124. The molecule has 0 spiro atoms. The molecule has 6 aromatic rings. The van der Waals surface area contributed by atoms with Crippen LogP contribution in [0.4, 0.5) is 5.69 Å². The number of rotatable bonds is 8. The van der Waals surface area contributed by atoms with Gasteiger partial charge in [-0.05, 0) is 41.8 Å². The molecule has 0 radical (unpaired) electrons. The highest BCUT2D eigenvalue weighted by Crippen LogP contribution is 2.63. The number of phenols is 1. The lowest BCUT2D eigenvalue weighted by Crippen LogP contribution is -2.53. The number of allylic oxidation sites excluding steroid dienone is 2. The van der Waals surface area contributed by atoms with Crippen LogP contribution in [0.1, 0.15) is 35.2 Å². The Labute approximate surface area is 335 Å². The zero-order valence-electron chi connectivity index (χ0n) is 31.7. The van der Waals surface area contributed by atoms with Gasteiger partial charge in [-0.2, -0.15) is 0 Å². The third kappa shape index (κ3) is 5.24. The highest BCUT2D eigenvalue weighted by atomic mass is 35.5. The van der Waals surface area contributed by atoms with Crippen molar-refractivity contribution in [3.8, 4) is 17.2 Å². The van der Waals surface area contributed by atoms with Gasteiger partial charge < -0.3 is 19.1 Å². The Bertz CT molecular complexity index is 2910. The number of aromatic nitrogens is 5. The monoisotopic (exact) mass is 800 g/mol. The SMILES string of the molecule is COc1cc2nc(CCn3c(=O)n4n(c3=O)C3CC5C(=O)N(c6cccc(Cl)c6)C(=O)C5(c5ccccc5)C(c5ccccc5O)C3=CC4)c(=O)n(C)c2cc1OC. The molecule has 4 aromatic carbocycles. The van der Waals surface area contributed by atoms with Gasteiger partial charge in [0.15, 0.2) is 11.5 Å². The number of fused-ring (bicyclic) bond motifs is 5. The molecule has 1 saturated heterocycles. The highest BCUT2D eigenvalue weighted by molar-refractivity contribution is 6.32. The van der Waals surface area contributed by atoms with Crippen molar-refractivity contribution in [2.75, 3.05) is 19.1 Å². The summed E-state index contributed by atoms with van der Waals surface area (Å²) in [5.41, 5.74) is -0.188. The summed E-state index contributed by atoms with van der Waals surface area (Å²) in [6, 6.07) is 24.7. The fraction of sp³-hybridized carbons (Fsp3) is 0.256. The number of aromatic hydroxyl groups is 1. The van der Waals surface area contributed by atoms with Crippen LogP contribution in [0.5, 0.6) is 17.2 Å². The molecule has 0 bridgehead atoms. The van der Waals surface area contributed by atoms with Crippen molar-refractivity contribution in [3.63, 3.8) is 0 Å². The number of para-hydroxylation sites is 1. The van der Waals surface area contributed by atoms with Crippen LogP contribution in [-0.4, -0.2) is 54.6 Å². The quantitative estimate of drug-likeness (QED) is 0.173. The summed E-state index contributed by atoms with van der Waals surface area (Å²) in [7, 11) is 4.60. The maximum atomic E-state index is 15.3. The second-order valence-corrected chi connectivity index (χ2v) is 15.1. The Morgan fingerprint density at radius 3 is 2.33 bits per heavy atom. The van der Waals surface area contributed by atoms with Crippen LogP contribution >= 0.6 is 11.6 Å². The van der Waals surface area contributed by atoms with E-state index in [9.17, 15) is 24.3 Å². The maximum Gasteiger partial charge on any atom is 0.347 e. The summed E-state index contributed by atoms with van der Waals surface area (Å²) in [5, 5.41) is 11.9. The van der Waals surface area contributed by atoms with E-state index in [0.29, 0.717) is 49.9 Å². The van der Waals surface area contributed by atoms with Gasteiger partial charge in [0.05, 0.1) is 54.9 Å². The number of ether oxygens (including phenoxy) is 2. The van der Waals surface area contributed by atoms with Crippen LogP contribution in [0.15, 0.2) is 117 Å². The molecule has 4 unspecified atom stereocenters. The second-order valence-electron chi connectivity index (χ2n) is 14.7. The van der Waals surface area contributed by atoms with Crippen LogP contribution in [0.25, 0.3) is 11.0 Å². The number of benzene rings is 4. The van der Waals surface area contributed by atoms with Gasteiger partial charge in [-0.15, -0.1) is 0 Å². The van der Waals surface area contributed by atoms with Gasteiger partial charge in [0.25, 0.3) is 5.56 Å². The number of imide groups is 1. The van der Waals surface area contributed by atoms with Gasteiger partial charge in [0, 0.05) is 48.6 Å². The number of nitrogens with zero attached hydrogens (tertiary/aromatic N) is 6. The molecule has 2 aromatic heterocycles. The molecule has 14 nitrogen and oxygen atoms in total. The smallest absolute Gasteiger partial charge is 0.347 e. The second kappa shape index (κ2) is 13.8.